The predicted octanol–water partition coefficient (Wildman–Crippen LogP) is 3.43. The van der Waals surface area contributed by atoms with Gasteiger partial charge in [0.1, 0.15) is 0 Å². The summed E-state index contributed by atoms with van der Waals surface area (Å²) in [6, 6.07) is 20.5. The van der Waals surface area contributed by atoms with Crippen LogP contribution >= 0.6 is 0 Å². The molecule has 0 amide bonds. The Labute approximate surface area is 161 Å². The molecule has 2 aromatic rings. The van der Waals surface area contributed by atoms with Crippen molar-refractivity contribution in [1.29, 1.82) is 0 Å². The van der Waals surface area contributed by atoms with E-state index in [9.17, 15) is 0 Å². The maximum absolute atomic E-state index is 6.73. The lowest BCUT2D eigenvalue weighted by atomic mass is 10.4. The van der Waals surface area contributed by atoms with Crippen molar-refractivity contribution in [3.63, 3.8) is 0 Å². The minimum atomic E-state index is -2.63. The summed E-state index contributed by atoms with van der Waals surface area (Å²) in [6.07, 6.45) is 0. The van der Waals surface area contributed by atoms with Crippen LogP contribution in [-0.2, 0) is 16.5 Å². The quantitative estimate of drug-likeness (QED) is 0.698. The summed E-state index contributed by atoms with van der Waals surface area (Å²) in [5.74, 6) is 0. The largest absolute Gasteiger partial charge is 0.412 e. The molecule has 0 aromatic heterocycles. The molecule has 26 heavy (non-hydrogen) atoms. The Morgan fingerprint density at radius 2 is 0.731 bits per heavy atom. The molecule has 0 bridgehead atoms. The molecular weight excluding hydrogens is 393 g/mol. The van der Waals surface area contributed by atoms with Gasteiger partial charge in [0.2, 0.25) is 0 Å². The van der Waals surface area contributed by atoms with Gasteiger partial charge in [-0.25, -0.2) is 0 Å². The average Bonchev–Trinajstić information content (AvgIpc) is 2.53. The summed E-state index contributed by atoms with van der Waals surface area (Å²) < 4.78 is 26.9. The lowest BCUT2D eigenvalue weighted by Crippen LogP contribution is -2.71. The maximum Gasteiger partial charge on any atom is 0.351 e. The van der Waals surface area contributed by atoms with Crippen LogP contribution in [0.5, 0.6) is 0 Å². The van der Waals surface area contributed by atoms with Gasteiger partial charge >= 0.3 is 34.2 Å². The van der Waals surface area contributed by atoms with Crippen molar-refractivity contribution in [2.24, 2.45) is 0 Å². The van der Waals surface area contributed by atoms with Gasteiger partial charge in [-0.2, -0.15) is 0 Å². The molecule has 1 aliphatic heterocycles. The van der Waals surface area contributed by atoms with Gasteiger partial charge in [0.25, 0.3) is 0 Å². The van der Waals surface area contributed by atoms with Crippen molar-refractivity contribution in [2.45, 2.75) is 39.3 Å². The summed E-state index contributed by atoms with van der Waals surface area (Å²) in [7, 11) is -10.2. The predicted molar refractivity (Wildman–Crippen MR) is 115 cm³/mol. The van der Waals surface area contributed by atoms with E-state index in [-0.39, 0.29) is 0 Å². The summed E-state index contributed by atoms with van der Waals surface area (Å²) in [6.45, 7) is 12.6. The number of hydrogen-bond acceptors (Lipinski definition) is 4. The molecule has 0 saturated carbocycles. The number of rotatable bonds is 2. The van der Waals surface area contributed by atoms with Crippen LogP contribution in [-0.4, -0.2) is 34.2 Å². The van der Waals surface area contributed by atoms with Crippen LogP contribution in [0.15, 0.2) is 60.7 Å². The van der Waals surface area contributed by atoms with Crippen molar-refractivity contribution in [2.75, 3.05) is 0 Å². The van der Waals surface area contributed by atoms with Crippen LogP contribution in [0.3, 0.4) is 0 Å². The molecule has 1 saturated heterocycles. The van der Waals surface area contributed by atoms with E-state index in [1.807, 2.05) is 36.4 Å². The van der Waals surface area contributed by atoms with E-state index in [0.717, 1.165) is 10.4 Å². The summed E-state index contributed by atoms with van der Waals surface area (Å²) in [4.78, 5) is 0. The van der Waals surface area contributed by atoms with E-state index >= 15 is 0 Å². The third-order valence-electron chi connectivity index (χ3n) is 4.36. The third kappa shape index (κ3) is 4.34. The van der Waals surface area contributed by atoms with Gasteiger partial charge < -0.3 is 16.5 Å². The summed E-state index contributed by atoms with van der Waals surface area (Å²) in [5, 5.41) is 2.25. The van der Waals surface area contributed by atoms with Crippen molar-refractivity contribution < 1.29 is 16.5 Å². The van der Waals surface area contributed by atoms with E-state index in [0.29, 0.717) is 0 Å². The molecule has 0 spiro atoms. The van der Waals surface area contributed by atoms with Gasteiger partial charge in [-0.1, -0.05) is 60.7 Å². The first-order chi connectivity index (χ1) is 12.0. The molecule has 0 N–H and O–H groups in total. The zero-order chi connectivity index (χ0) is 19.1. The lowest BCUT2D eigenvalue weighted by molar-refractivity contribution is 0.246. The monoisotopic (exact) mass is 420 g/mol. The van der Waals surface area contributed by atoms with Crippen LogP contribution in [0.4, 0.5) is 0 Å². The molecule has 0 unspecified atom stereocenters. The first-order valence-electron chi connectivity index (χ1n) is 8.95. The minimum Gasteiger partial charge on any atom is -0.412 e. The molecule has 1 fully saturated rings. The Hall–Kier alpha value is -0.852. The van der Waals surface area contributed by atoms with E-state index in [1.54, 1.807) is 0 Å². The van der Waals surface area contributed by atoms with Crippen LogP contribution in [0.1, 0.15) is 0 Å². The van der Waals surface area contributed by atoms with Crippen LogP contribution in [0.25, 0.3) is 0 Å². The second-order valence-corrected chi connectivity index (χ2v) is 21.6. The highest BCUT2D eigenvalue weighted by Gasteiger charge is 2.55. The zero-order valence-corrected chi connectivity index (χ0v) is 20.4. The molecule has 1 heterocycles. The summed E-state index contributed by atoms with van der Waals surface area (Å²) >= 11 is 0. The Kier molecular flexibility index (Phi) is 5.32. The van der Waals surface area contributed by atoms with Crippen LogP contribution in [0, 0.1) is 0 Å². The van der Waals surface area contributed by atoms with Crippen LogP contribution < -0.4 is 10.4 Å². The van der Waals surface area contributed by atoms with Gasteiger partial charge in [-0.3, -0.25) is 0 Å². The Balaban J connectivity index is 2.02. The number of benzene rings is 2. The molecular formula is C18H28O4Si4. The third-order valence-corrected chi connectivity index (χ3v) is 21.2. The molecule has 8 heteroatoms. The fourth-order valence-electron chi connectivity index (χ4n) is 3.68. The van der Waals surface area contributed by atoms with Gasteiger partial charge in [0.15, 0.2) is 0 Å². The highest BCUT2D eigenvalue weighted by molar-refractivity contribution is 7.00. The highest BCUT2D eigenvalue weighted by Crippen LogP contribution is 2.30. The fraction of sp³-hybridized carbons (Fsp3) is 0.333. The molecule has 3 rings (SSSR count). The first-order valence-corrected chi connectivity index (χ1v) is 19.2. The maximum atomic E-state index is 6.73. The smallest absolute Gasteiger partial charge is 0.351 e. The normalized spacial score (nSPS) is 31.0. The van der Waals surface area contributed by atoms with E-state index in [4.69, 9.17) is 16.5 Å². The van der Waals surface area contributed by atoms with Crippen molar-refractivity contribution in [1.82, 2.24) is 0 Å². The van der Waals surface area contributed by atoms with Gasteiger partial charge in [-0.15, -0.1) is 0 Å². The molecule has 0 aliphatic carbocycles. The zero-order valence-electron chi connectivity index (χ0n) is 16.4. The second-order valence-electron chi connectivity index (χ2n) is 7.83. The van der Waals surface area contributed by atoms with Gasteiger partial charge in [-0.05, 0) is 49.7 Å². The Morgan fingerprint density at radius 1 is 0.462 bits per heavy atom. The molecule has 2 aromatic carbocycles. The van der Waals surface area contributed by atoms with E-state index in [1.165, 1.54) is 0 Å². The topological polar surface area (TPSA) is 36.9 Å². The minimum absolute atomic E-state index is 1.12. The lowest BCUT2D eigenvalue weighted by Gasteiger charge is -2.48. The molecule has 0 radical (unpaired) electrons. The molecule has 1 aliphatic rings. The van der Waals surface area contributed by atoms with Crippen molar-refractivity contribution >= 4 is 44.6 Å². The van der Waals surface area contributed by atoms with Gasteiger partial charge in [0.05, 0.1) is 0 Å². The first kappa shape index (κ1) is 19.9. The fourth-order valence-corrected chi connectivity index (χ4v) is 24.3. The average molecular weight is 421 g/mol. The summed E-state index contributed by atoms with van der Waals surface area (Å²) in [5.41, 5.74) is 0. The van der Waals surface area contributed by atoms with E-state index < -0.39 is 34.2 Å². The van der Waals surface area contributed by atoms with Crippen molar-refractivity contribution in [3.8, 4) is 0 Å². The Bertz CT molecular complexity index is 671. The molecule has 4 nitrogen and oxygen atoms in total. The highest BCUT2D eigenvalue weighted by atomic mass is 28.5. The molecule has 140 valence electrons. The molecule has 0 atom stereocenters. The van der Waals surface area contributed by atoms with Crippen LogP contribution in [0.2, 0.25) is 39.3 Å². The SMILES string of the molecule is C[Si]1(C)O[Si@](C)(c2ccccc2)O[Si](C)(C)O[Si@](C)(c2ccccc2)O1. The number of hydrogen-bond donors (Lipinski definition) is 0. The standard InChI is InChI=1S/C18H28O4Si4/c1-23(2)19-25(5,17-13-9-7-10-14-17)21-24(3,4)22-26(6,20-23)18-15-11-8-12-16-18/h7-16H,1-6H3/t25-,26+. The Morgan fingerprint density at radius 3 is 1.00 bits per heavy atom. The van der Waals surface area contributed by atoms with Gasteiger partial charge in [0, 0.05) is 0 Å². The second kappa shape index (κ2) is 6.95. The van der Waals surface area contributed by atoms with E-state index in [2.05, 4.69) is 63.5 Å². The van der Waals surface area contributed by atoms with Crippen molar-refractivity contribution in [3.05, 3.63) is 60.7 Å².